The molecule has 2 N–H and O–H groups in total. The van der Waals surface area contributed by atoms with Gasteiger partial charge in [0.2, 0.25) is 0 Å². The minimum Gasteiger partial charge on any atom is -0.382 e. The summed E-state index contributed by atoms with van der Waals surface area (Å²) in [7, 11) is 0. The van der Waals surface area contributed by atoms with Crippen LogP contribution < -0.4 is 0 Å². The van der Waals surface area contributed by atoms with E-state index >= 15 is 0 Å². The maximum atomic E-state index is 10.5. The van der Waals surface area contributed by atoms with Crippen molar-refractivity contribution in [3.8, 4) is 0 Å². The highest BCUT2D eigenvalue weighted by Crippen LogP contribution is 2.51. The number of aliphatic hydroxyl groups is 2. The van der Waals surface area contributed by atoms with E-state index < -0.39 is 11.2 Å². The molecule has 0 unspecified atom stereocenters. The third kappa shape index (κ3) is 0.896. The topological polar surface area (TPSA) is 40.5 Å². The molecule has 0 spiro atoms. The summed E-state index contributed by atoms with van der Waals surface area (Å²) in [6.45, 7) is 3.34. The Labute approximate surface area is 94.2 Å². The van der Waals surface area contributed by atoms with Gasteiger partial charge in [0, 0.05) is 0 Å². The largest absolute Gasteiger partial charge is 0.382 e. The van der Waals surface area contributed by atoms with Gasteiger partial charge in [-0.1, -0.05) is 36.4 Å². The smallest absolute Gasteiger partial charge is 0.120 e. The van der Waals surface area contributed by atoms with Crippen molar-refractivity contribution >= 4 is 10.8 Å². The first-order valence-electron chi connectivity index (χ1n) is 5.44. The number of benzene rings is 2. The minimum absolute atomic E-state index is 0.811. The van der Waals surface area contributed by atoms with Crippen LogP contribution in [-0.4, -0.2) is 10.2 Å². The average Bonchev–Trinajstić information content (AvgIpc) is 2.40. The van der Waals surface area contributed by atoms with Crippen LogP contribution in [0.15, 0.2) is 36.4 Å². The minimum atomic E-state index is -1.23. The van der Waals surface area contributed by atoms with E-state index in [1.54, 1.807) is 13.8 Å². The molecular formula is C14H14O2. The van der Waals surface area contributed by atoms with Gasteiger partial charge in [-0.05, 0) is 35.7 Å². The number of hydrogen-bond acceptors (Lipinski definition) is 2. The Morgan fingerprint density at radius 3 is 1.69 bits per heavy atom. The third-order valence-corrected chi connectivity index (χ3v) is 3.90. The van der Waals surface area contributed by atoms with E-state index in [4.69, 9.17) is 0 Å². The Balaban J connectivity index is 2.54. The molecule has 16 heavy (non-hydrogen) atoms. The SMILES string of the molecule is C[C@@]1(O)c2cccc3cccc(c23)[C@@]1(C)O. The van der Waals surface area contributed by atoms with Gasteiger partial charge in [-0.25, -0.2) is 0 Å². The predicted molar refractivity (Wildman–Crippen MR) is 63.1 cm³/mol. The van der Waals surface area contributed by atoms with Crippen LogP contribution >= 0.6 is 0 Å². The summed E-state index contributed by atoms with van der Waals surface area (Å²) in [6, 6.07) is 11.6. The van der Waals surface area contributed by atoms with Crippen molar-refractivity contribution in [2.24, 2.45) is 0 Å². The number of hydrogen-bond donors (Lipinski definition) is 2. The van der Waals surface area contributed by atoms with Crippen LogP contribution in [0.5, 0.6) is 0 Å². The summed E-state index contributed by atoms with van der Waals surface area (Å²) in [5.41, 5.74) is -0.831. The van der Waals surface area contributed by atoms with Gasteiger partial charge in [-0.15, -0.1) is 0 Å². The summed E-state index contributed by atoms with van der Waals surface area (Å²) < 4.78 is 0. The summed E-state index contributed by atoms with van der Waals surface area (Å²) in [6.07, 6.45) is 0. The van der Waals surface area contributed by atoms with Crippen LogP contribution in [-0.2, 0) is 11.2 Å². The molecule has 2 atom stereocenters. The van der Waals surface area contributed by atoms with E-state index in [0.29, 0.717) is 0 Å². The standard InChI is InChI=1S/C14H14O2/c1-13(15)10-7-3-5-9-6-4-8-11(12(9)10)14(13,2)16/h3-8,15-16H,1-2H3/t13-,14-/m1/s1. The maximum Gasteiger partial charge on any atom is 0.120 e. The molecule has 0 saturated carbocycles. The molecule has 0 aliphatic heterocycles. The highest BCUT2D eigenvalue weighted by atomic mass is 16.4. The van der Waals surface area contributed by atoms with Gasteiger partial charge in [0.1, 0.15) is 11.2 Å². The highest BCUT2D eigenvalue weighted by molar-refractivity contribution is 5.93. The Hall–Kier alpha value is -1.38. The summed E-state index contributed by atoms with van der Waals surface area (Å²) in [5, 5.41) is 23.1. The maximum absolute atomic E-state index is 10.5. The zero-order chi connectivity index (χ0) is 11.6. The highest BCUT2D eigenvalue weighted by Gasteiger charge is 2.51. The second-order valence-electron chi connectivity index (χ2n) is 4.85. The van der Waals surface area contributed by atoms with Gasteiger partial charge < -0.3 is 10.2 Å². The van der Waals surface area contributed by atoms with Crippen molar-refractivity contribution in [2.45, 2.75) is 25.0 Å². The van der Waals surface area contributed by atoms with Gasteiger partial charge in [0.15, 0.2) is 0 Å². The van der Waals surface area contributed by atoms with Crippen LogP contribution in [0.3, 0.4) is 0 Å². The van der Waals surface area contributed by atoms with Gasteiger partial charge in [-0.2, -0.15) is 0 Å². The lowest BCUT2D eigenvalue weighted by Crippen LogP contribution is -2.40. The Morgan fingerprint density at radius 2 is 1.25 bits per heavy atom. The molecule has 82 valence electrons. The molecule has 0 aromatic heterocycles. The number of rotatable bonds is 0. The first-order chi connectivity index (χ1) is 7.46. The van der Waals surface area contributed by atoms with Crippen molar-refractivity contribution in [3.05, 3.63) is 47.5 Å². The van der Waals surface area contributed by atoms with Crippen LogP contribution in [0.4, 0.5) is 0 Å². The molecule has 0 amide bonds. The van der Waals surface area contributed by atoms with E-state index in [-0.39, 0.29) is 0 Å². The Bertz CT molecular complexity index is 534. The lowest BCUT2D eigenvalue weighted by molar-refractivity contribution is -0.135. The molecule has 0 fully saturated rings. The summed E-state index contributed by atoms with van der Waals surface area (Å²) in [4.78, 5) is 0. The van der Waals surface area contributed by atoms with Crippen molar-refractivity contribution in [3.63, 3.8) is 0 Å². The van der Waals surface area contributed by atoms with Crippen LogP contribution in [0.1, 0.15) is 25.0 Å². The molecule has 2 heteroatoms. The van der Waals surface area contributed by atoms with Crippen molar-refractivity contribution in [2.75, 3.05) is 0 Å². The van der Waals surface area contributed by atoms with Crippen molar-refractivity contribution in [1.82, 2.24) is 0 Å². The zero-order valence-electron chi connectivity index (χ0n) is 9.36. The van der Waals surface area contributed by atoms with E-state index in [9.17, 15) is 10.2 Å². The fourth-order valence-corrected chi connectivity index (χ4v) is 2.68. The van der Waals surface area contributed by atoms with E-state index in [1.807, 2.05) is 36.4 Å². The molecule has 2 aromatic rings. The average molecular weight is 214 g/mol. The molecule has 0 radical (unpaired) electrons. The van der Waals surface area contributed by atoms with E-state index in [0.717, 1.165) is 21.9 Å². The molecule has 1 aliphatic carbocycles. The lowest BCUT2D eigenvalue weighted by atomic mass is 9.84. The predicted octanol–water partition coefficient (Wildman–Crippen LogP) is 2.27. The molecular weight excluding hydrogens is 200 g/mol. The molecule has 1 aliphatic rings. The first kappa shape index (κ1) is 9.82. The molecule has 0 heterocycles. The Morgan fingerprint density at radius 1 is 0.812 bits per heavy atom. The van der Waals surface area contributed by atoms with Gasteiger partial charge in [-0.3, -0.25) is 0 Å². The second-order valence-corrected chi connectivity index (χ2v) is 4.85. The van der Waals surface area contributed by atoms with Gasteiger partial charge in [0.25, 0.3) is 0 Å². The van der Waals surface area contributed by atoms with Crippen LogP contribution in [0.2, 0.25) is 0 Å². The van der Waals surface area contributed by atoms with E-state index in [1.165, 1.54) is 0 Å². The molecule has 2 nitrogen and oxygen atoms in total. The summed E-state index contributed by atoms with van der Waals surface area (Å²) >= 11 is 0. The molecule has 2 aromatic carbocycles. The van der Waals surface area contributed by atoms with Crippen molar-refractivity contribution < 1.29 is 10.2 Å². The van der Waals surface area contributed by atoms with Crippen LogP contribution in [0.25, 0.3) is 10.8 Å². The van der Waals surface area contributed by atoms with E-state index in [2.05, 4.69) is 0 Å². The molecule has 0 bridgehead atoms. The normalized spacial score (nSPS) is 32.2. The van der Waals surface area contributed by atoms with Crippen LogP contribution in [0, 0.1) is 0 Å². The first-order valence-corrected chi connectivity index (χ1v) is 5.44. The van der Waals surface area contributed by atoms with Gasteiger partial charge in [0.05, 0.1) is 0 Å². The Kier molecular flexibility index (Phi) is 1.63. The quantitative estimate of drug-likeness (QED) is 0.706. The third-order valence-electron chi connectivity index (χ3n) is 3.90. The molecule has 3 rings (SSSR count). The fraction of sp³-hybridized carbons (Fsp3) is 0.286. The second kappa shape index (κ2) is 2.65. The fourth-order valence-electron chi connectivity index (χ4n) is 2.68. The van der Waals surface area contributed by atoms with Crippen molar-refractivity contribution in [1.29, 1.82) is 0 Å². The lowest BCUT2D eigenvalue weighted by Gasteiger charge is -2.33. The summed E-state index contributed by atoms with van der Waals surface area (Å²) in [5.74, 6) is 0. The zero-order valence-corrected chi connectivity index (χ0v) is 9.36. The van der Waals surface area contributed by atoms with Gasteiger partial charge >= 0.3 is 0 Å². The monoisotopic (exact) mass is 214 g/mol. The molecule has 0 saturated heterocycles.